The summed E-state index contributed by atoms with van der Waals surface area (Å²) in [5.41, 5.74) is 0. The normalized spacial score (nSPS) is 10.5. The van der Waals surface area contributed by atoms with Gasteiger partial charge < -0.3 is 0 Å². The van der Waals surface area contributed by atoms with E-state index in [-0.39, 0.29) is 4.92 Å². The van der Waals surface area contributed by atoms with Gasteiger partial charge in [-0.15, -0.1) is 0 Å². The van der Waals surface area contributed by atoms with Crippen LogP contribution in [-0.2, 0) is 9.84 Å². The van der Waals surface area contributed by atoms with Gasteiger partial charge in [-0.25, -0.2) is 8.42 Å². The molecule has 0 aliphatic carbocycles. The highest BCUT2D eigenvalue weighted by molar-refractivity contribution is 7.90. The van der Waals surface area contributed by atoms with Crippen LogP contribution in [0.25, 0.3) is 0 Å². The molecule has 0 aliphatic heterocycles. The van der Waals surface area contributed by atoms with Gasteiger partial charge in [-0.05, 0) is 12.1 Å². The first-order valence-electron chi connectivity index (χ1n) is 4.63. The Morgan fingerprint density at radius 3 is 1.75 bits per heavy atom. The van der Waals surface area contributed by atoms with Crippen molar-refractivity contribution in [3.05, 3.63) is 40.4 Å². The van der Waals surface area contributed by atoms with Crippen LogP contribution in [0.2, 0.25) is 0 Å². The minimum atomic E-state index is -3.00. The Balaban J connectivity index is 0.000000325. The summed E-state index contributed by atoms with van der Waals surface area (Å²) in [5, 5.41) is 9.50. The van der Waals surface area contributed by atoms with Crippen molar-refractivity contribution in [2.45, 2.75) is 24.8 Å². The van der Waals surface area contributed by atoms with Crippen LogP contribution in [-0.4, -0.2) is 25.6 Å². The van der Waals surface area contributed by atoms with E-state index in [1.54, 1.807) is 44.2 Å². The van der Waals surface area contributed by atoms with E-state index in [9.17, 15) is 18.5 Å². The third kappa shape index (κ3) is 6.13. The molecule has 0 aliphatic rings. The molecule has 0 saturated carbocycles. The van der Waals surface area contributed by atoms with Crippen LogP contribution in [0.1, 0.15) is 13.8 Å². The molecule has 0 unspecified atom stereocenters. The van der Waals surface area contributed by atoms with Gasteiger partial charge in [0.05, 0.1) is 4.90 Å². The highest BCUT2D eigenvalue weighted by Gasteiger charge is 2.03. The molecule has 0 amide bonds. The average molecular weight is 245 g/mol. The Hall–Kier alpha value is -1.43. The minimum Gasteiger partial charge on any atom is -0.264 e. The number of sulfone groups is 1. The average Bonchev–Trinajstić information content (AvgIpc) is 2.18. The molecule has 0 spiro atoms. The highest BCUT2D eigenvalue weighted by Crippen LogP contribution is 2.05. The van der Waals surface area contributed by atoms with Gasteiger partial charge >= 0.3 is 0 Å². The molecule has 1 aromatic carbocycles. The van der Waals surface area contributed by atoms with E-state index >= 15 is 0 Å². The first-order valence-corrected chi connectivity index (χ1v) is 6.53. The fraction of sp³-hybridized carbons (Fsp3) is 0.400. The zero-order valence-corrected chi connectivity index (χ0v) is 10.3. The number of nitrogens with zero attached hydrogens (tertiary/aromatic N) is 1. The maximum atomic E-state index is 10.8. The first-order chi connectivity index (χ1) is 7.25. The van der Waals surface area contributed by atoms with Crippen molar-refractivity contribution in [1.82, 2.24) is 0 Å². The Morgan fingerprint density at radius 1 is 1.19 bits per heavy atom. The van der Waals surface area contributed by atoms with Gasteiger partial charge in [0, 0.05) is 25.0 Å². The summed E-state index contributed by atoms with van der Waals surface area (Å²) in [5.74, 6) is 0. The summed E-state index contributed by atoms with van der Waals surface area (Å²) in [6, 6.07) is 7.93. The lowest BCUT2D eigenvalue weighted by Crippen LogP contribution is -2.08. The van der Waals surface area contributed by atoms with E-state index in [0.717, 1.165) is 0 Å². The van der Waals surface area contributed by atoms with Gasteiger partial charge in [-0.3, -0.25) is 10.1 Å². The van der Waals surface area contributed by atoms with Gasteiger partial charge in [0.2, 0.25) is 6.04 Å². The van der Waals surface area contributed by atoms with E-state index in [1.807, 2.05) is 0 Å². The van der Waals surface area contributed by atoms with Crippen LogP contribution in [0.15, 0.2) is 35.2 Å². The lowest BCUT2D eigenvalue weighted by atomic mass is 10.4. The Kier molecular flexibility index (Phi) is 5.66. The third-order valence-corrected chi connectivity index (χ3v) is 2.72. The molecule has 0 bridgehead atoms. The monoisotopic (exact) mass is 245 g/mol. The third-order valence-electron chi connectivity index (χ3n) is 1.59. The molecule has 1 aromatic rings. The maximum Gasteiger partial charge on any atom is 0.207 e. The smallest absolute Gasteiger partial charge is 0.207 e. The van der Waals surface area contributed by atoms with E-state index in [2.05, 4.69) is 0 Å². The highest BCUT2D eigenvalue weighted by atomic mass is 32.2. The number of hydrogen-bond acceptors (Lipinski definition) is 4. The Morgan fingerprint density at radius 2 is 1.56 bits per heavy atom. The summed E-state index contributed by atoms with van der Waals surface area (Å²) in [6.07, 6.45) is 1.20. The molecule has 0 heterocycles. The molecule has 6 heteroatoms. The quantitative estimate of drug-likeness (QED) is 0.587. The summed E-state index contributed by atoms with van der Waals surface area (Å²) in [6.45, 7) is 3.08. The van der Waals surface area contributed by atoms with E-state index in [4.69, 9.17) is 0 Å². The summed E-state index contributed by atoms with van der Waals surface area (Å²) in [7, 11) is -3.00. The van der Waals surface area contributed by atoms with Crippen molar-refractivity contribution in [2.75, 3.05) is 6.26 Å². The molecule has 1 rings (SSSR count). The number of rotatable bonds is 2. The summed E-state index contributed by atoms with van der Waals surface area (Å²) < 4.78 is 21.7. The van der Waals surface area contributed by atoms with E-state index < -0.39 is 15.9 Å². The Bertz CT molecular complexity index is 425. The van der Waals surface area contributed by atoms with Crippen LogP contribution >= 0.6 is 0 Å². The molecular formula is C10H15NO4S. The molecule has 0 fully saturated rings. The van der Waals surface area contributed by atoms with E-state index in [1.165, 1.54) is 6.26 Å². The summed E-state index contributed by atoms with van der Waals surface area (Å²) in [4.78, 5) is 9.54. The van der Waals surface area contributed by atoms with Crippen LogP contribution in [0.5, 0.6) is 0 Å². The zero-order chi connectivity index (χ0) is 12.8. The largest absolute Gasteiger partial charge is 0.264 e. The topological polar surface area (TPSA) is 77.3 Å². The van der Waals surface area contributed by atoms with Crippen molar-refractivity contribution in [3.8, 4) is 0 Å². The zero-order valence-electron chi connectivity index (χ0n) is 9.45. The molecular weight excluding hydrogens is 230 g/mol. The standard InChI is InChI=1S/C7H8O2S.C3H7NO2/c1-10(8,9)7-5-3-2-4-6-7;1-3(2)4(5)6/h2-6H,1H3;3H,1-2H3. The van der Waals surface area contributed by atoms with Gasteiger partial charge in [0.1, 0.15) is 0 Å². The van der Waals surface area contributed by atoms with Crippen LogP contribution in [0, 0.1) is 10.1 Å². The van der Waals surface area contributed by atoms with Gasteiger partial charge in [0.15, 0.2) is 9.84 Å². The fourth-order valence-corrected chi connectivity index (χ4v) is 1.32. The maximum absolute atomic E-state index is 10.8. The fourth-order valence-electron chi connectivity index (χ4n) is 0.668. The minimum absolute atomic E-state index is 0.333. The molecule has 5 nitrogen and oxygen atoms in total. The molecule has 90 valence electrons. The van der Waals surface area contributed by atoms with Crippen LogP contribution in [0.4, 0.5) is 0 Å². The lowest BCUT2D eigenvalue weighted by molar-refractivity contribution is -0.513. The predicted molar refractivity (Wildman–Crippen MR) is 61.7 cm³/mol. The van der Waals surface area contributed by atoms with Crippen LogP contribution < -0.4 is 0 Å². The SMILES string of the molecule is CC(C)[N+](=O)[O-].CS(=O)(=O)c1ccccc1. The first kappa shape index (κ1) is 14.6. The number of hydrogen-bond donors (Lipinski definition) is 0. The molecule has 0 atom stereocenters. The molecule has 0 N–H and O–H groups in total. The second-order valence-electron chi connectivity index (χ2n) is 3.46. The molecule has 16 heavy (non-hydrogen) atoms. The van der Waals surface area contributed by atoms with Crippen molar-refractivity contribution in [3.63, 3.8) is 0 Å². The number of nitro groups is 1. The number of benzene rings is 1. The van der Waals surface area contributed by atoms with Crippen molar-refractivity contribution in [1.29, 1.82) is 0 Å². The summed E-state index contributed by atoms with van der Waals surface area (Å²) >= 11 is 0. The second kappa shape index (κ2) is 6.22. The van der Waals surface area contributed by atoms with Gasteiger partial charge in [-0.2, -0.15) is 0 Å². The molecule has 0 saturated heterocycles. The lowest BCUT2D eigenvalue weighted by Gasteiger charge is -1.93. The van der Waals surface area contributed by atoms with E-state index in [0.29, 0.717) is 4.90 Å². The van der Waals surface area contributed by atoms with Crippen molar-refractivity contribution < 1.29 is 13.3 Å². The van der Waals surface area contributed by atoms with Crippen LogP contribution in [0.3, 0.4) is 0 Å². The molecule has 0 aromatic heterocycles. The van der Waals surface area contributed by atoms with Gasteiger partial charge in [-0.1, -0.05) is 18.2 Å². The van der Waals surface area contributed by atoms with Crippen molar-refractivity contribution >= 4 is 9.84 Å². The molecule has 0 radical (unpaired) electrons. The van der Waals surface area contributed by atoms with Gasteiger partial charge in [0.25, 0.3) is 0 Å². The van der Waals surface area contributed by atoms with Crippen molar-refractivity contribution in [2.24, 2.45) is 0 Å². The Labute approximate surface area is 95.2 Å². The predicted octanol–water partition coefficient (Wildman–Crippen LogP) is 1.76. The second-order valence-corrected chi connectivity index (χ2v) is 5.48.